The highest BCUT2D eigenvalue weighted by molar-refractivity contribution is 6.23. The van der Waals surface area contributed by atoms with Gasteiger partial charge < -0.3 is 0 Å². The molecular formula is C62H44. The van der Waals surface area contributed by atoms with E-state index in [0.29, 0.717) is 0 Å². The lowest BCUT2D eigenvalue weighted by molar-refractivity contribution is 0.660. The van der Waals surface area contributed by atoms with Crippen molar-refractivity contribution in [1.82, 2.24) is 0 Å². The van der Waals surface area contributed by atoms with Crippen LogP contribution in [0, 0.1) is 0 Å². The molecule has 0 saturated carbocycles. The summed E-state index contributed by atoms with van der Waals surface area (Å²) in [5, 5.41) is 13.1. The highest BCUT2D eigenvalue weighted by Crippen LogP contribution is 2.58. The minimum Gasteiger partial charge on any atom is -0.0619 e. The van der Waals surface area contributed by atoms with Gasteiger partial charge in [-0.15, -0.1) is 0 Å². The first-order chi connectivity index (χ1) is 30.3. The van der Waals surface area contributed by atoms with Crippen LogP contribution < -0.4 is 0 Å². The first-order valence-electron chi connectivity index (χ1n) is 22.1. The molecule has 0 fully saturated rings. The second-order valence-electron chi connectivity index (χ2n) is 18.7. The largest absolute Gasteiger partial charge is 0.0619 e. The minimum absolute atomic E-state index is 0.0750. The molecule has 0 saturated heterocycles. The Labute approximate surface area is 362 Å². The zero-order valence-corrected chi connectivity index (χ0v) is 35.5. The van der Waals surface area contributed by atoms with E-state index in [9.17, 15) is 0 Å². The number of rotatable bonds is 3. The van der Waals surface area contributed by atoms with E-state index in [2.05, 4.69) is 222 Å². The molecule has 11 aromatic carbocycles. The maximum absolute atomic E-state index is 2.53. The molecular weight excluding hydrogens is 745 g/mol. The summed E-state index contributed by atoms with van der Waals surface area (Å²) >= 11 is 0. The van der Waals surface area contributed by atoms with Crippen LogP contribution in [0.4, 0.5) is 0 Å². The third-order valence-electron chi connectivity index (χ3n) is 14.8. The lowest BCUT2D eigenvalue weighted by atomic mass is 9.77. The summed E-state index contributed by atoms with van der Waals surface area (Å²) in [5.41, 5.74) is 18.4. The normalized spacial score (nSPS) is 14.4. The van der Waals surface area contributed by atoms with Crippen molar-refractivity contribution in [2.75, 3.05) is 0 Å². The van der Waals surface area contributed by atoms with Gasteiger partial charge in [-0.1, -0.05) is 204 Å². The van der Waals surface area contributed by atoms with Crippen molar-refractivity contribution in [3.8, 4) is 55.6 Å². The van der Waals surface area contributed by atoms with Crippen LogP contribution in [0.3, 0.4) is 0 Å². The van der Waals surface area contributed by atoms with Gasteiger partial charge in [-0.05, 0) is 150 Å². The van der Waals surface area contributed by atoms with Crippen LogP contribution in [0.25, 0.3) is 109 Å². The summed E-state index contributed by atoms with van der Waals surface area (Å²) < 4.78 is 0. The maximum atomic E-state index is 2.53. The SMILES string of the molecule is CC1(C)c2ccccc2-c2ccc(-c3c4ccccc4c(-c4cccc(-c5cc6c(c7ccccc57)C(C)(C)c5c-6c6ccccc6c6ccccc56)c4)c4ccccc34)cc21. The Morgan fingerprint density at radius 1 is 0.242 bits per heavy atom. The van der Waals surface area contributed by atoms with Gasteiger partial charge in [0.25, 0.3) is 0 Å². The van der Waals surface area contributed by atoms with E-state index >= 15 is 0 Å². The monoisotopic (exact) mass is 788 g/mol. The fraction of sp³-hybridized carbons (Fsp3) is 0.0968. The second-order valence-corrected chi connectivity index (χ2v) is 18.7. The average Bonchev–Trinajstić information content (AvgIpc) is 3.70. The molecule has 292 valence electrons. The Bertz CT molecular complexity index is 3690. The third-order valence-corrected chi connectivity index (χ3v) is 14.8. The van der Waals surface area contributed by atoms with Crippen LogP contribution in [0.15, 0.2) is 194 Å². The van der Waals surface area contributed by atoms with Gasteiger partial charge in [0.1, 0.15) is 0 Å². The summed E-state index contributed by atoms with van der Waals surface area (Å²) in [6.07, 6.45) is 0. The molecule has 2 aliphatic carbocycles. The standard InChI is InChI=1S/C62H44/c1-61(2)54-31-16-15-23-43(54)44-33-32-39(35-55(44)61)57-48-27-11-9-25-46(48)56(47-26-10-12-28-49(47)57)38-19-17-18-37(34-38)52-36-53-58-45-24-8-5-20-40(45)41-21-6-14-30-51(41)60(58)62(3,4)59(53)50-29-13-7-22-42(50)52/h5-36H,1-4H3. The van der Waals surface area contributed by atoms with E-state index in [0.717, 1.165) is 0 Å². The summed E-state index contributed by atoms with van der Waals surface area (Å²) in [4.78, 5) is 0. The van der Waals surface area contributed by atoms with Gasteiger partial charge in [-0.25, -0.2) is 0 Å². The molecule has 2 aliphatic rings. The fourth-order valence-corrected chi connectivity index (χ4v) is 12.1. The summed E-state index contributed by atoms with van der Waals surface area (Å²) in [6.45, 7) is 9.63. The molecule has 0 nitrogen and oxygen atoms in total. The Morgan fingerprint density at radius 3 is 1.32 bits per heavy atom. The van der Waals surface area contributed by atoms with E-state index in [4.69, 9.17) is 0 Å². The van der Waals surface area contributed by atoms with Gasteiger partial charge in [0.15, 0.2) is 0 Å². The molecule has 11 aromatic rings. The lowest BCUT2D eigenvalue weighted by Gasteiger charge is -2.25. The number of benzene rings is 11. The molecule has 0 atom stereocenters. The van der Waals surface area contributed by atoms with Crippen LogP contribution >= 0.6 is 0 Å². The van der Waals surface area contributed by atoms with Gasteiger partial charge >= 0.3 is 0 Å². The van der Waals surface area contributed by atoms with E-state index in [-0.39, 0.29) is 10.8 Å². The fourth-order valence-electron chi connectivity index (χ4n) is 12.1. The highest BCUT2D eigenvalue weighted by Gasteiger charge is 2.40. The molecule has 0 aliphatic heterocycles. The van der Waals surface area contributed by atoms with Crippen molar-refractivity contribution in [3.63, 3.8) is 0 Å². The molecule has 13 rings (SSSR count). The molecule has 0 spiro atoms. The van der Waals surface area contributed by atoms with E-state index in [1.54, 1.807) is 0 Å². The zero-order valence-electron chi connectivity index (χ0n) is 35.5. The van der Waals surface area contributed by atoms with Crippen molar-refractivity contribution >= 4 is 53.9 Å². The molecule has 0 heterocycles. The van der Waals surface area contributed by atoms with Crippen molar-refractivity contribution in [1.29, 1.82) is 0 Å². The predicted molar refractivity (Wildman–Crippen MR) is 265 cm³/mol. The summed E-state index contributed by atoms with van der Waals surface area (Å²) in [6, 6.07) is 73.4. The Balaban J connectivity index is 1.04. The van der Waals surface area contributed by atoms with Crippen molar-refractivity contribution in [3.05, 3.63) is 216 Å². The van der Waals surface area contributed by atoms with Gasteiger partial charge in [0, 0.05) is 10.8 Å². The Morgan fingerprint density at radius 2 is 0.694 bits per heavy atom. The summed E-state index contributed by atoms with van der Waals surface area (Å²) in [7, 11) is 0. The number of hydrogen-bond donors (Lipinski definition) is 0. The van der Waals surface area contributed by atoms with Crippen LogP contribution in [0.1, 0.15) is 49.9 Å². The van der Waals surface area contributed by atoms with Gasteiger partial charge in [0.2, 0.25) is 0 Å². The molecule has 0 unspecified atom stereocenters. The van der Waals surface area contributed by atoms with Crippen LogP contribution in [-0.4, -0.2) is 0 Å². The van der Waals surface area contributed by atoms with Crippen LogP contribution in [0.2, 0.25) is 0 Å². The van der Waals surface area contributed by atoms with Crippen LogP contribution in [0.5, 0.6) is 0 Å². The topological polar surface area (TPSA) is 0 Å². The molecule has 0 radical (unpaired) electrons. The average molecular weight is 789 g/mol. The Kier molecular flexibility index (Phi) is 7.23. The van der Waals surface area contributed by atoms with Gasteiger partial charge in [-0.2, -0.15) is 0 Å². The van der Waals surface area contributed by atoms with Crippen molar-refractivity contribution < 1.29 is 0 Å². The first kappa shape index (κ1) is 35.5. The molecule has 62 heavy (non-hydrogen) atoms. The maximum Gasteiger partial charge on any atom is 0.0171 e. The minimum atomic E-state index is -0.188. The molecule has 0 amide bonds. The van der Waals surface area contributed by atoms with Crippen molar-refractivity contribution in [2.24, 2.45) is 0 Å². The summed E-state index contributed by atoms with van der Waals surface area (Å²) in [5.74, 6) is 0. The second kappa shape index (κ2) is 12.6. The molecule has 0 N–H and O–H groups in total. The smallest absolute Gasteiger partial charge is 0.0171 e. The van der Waals surface area contributed by atoms with Crippen LogP contribution in [-0.2, 0) is 10.8 Å². The number of hydrogen-bond acceptors (Lipinski definition) is 0. The molecule has 0 heteroatoms. The molecule has 0 aromatic heterocycles. The Hall–Kier alpha value is -7.28. The van der Waals surface area contributed by atoms with Gasteiger partial charge in [0.05, 0.1) is 0 Å². The highest BCUT2D eigenvalue weighted by atomic mass is 14.4. The lowest BCUT2D eigenvalue weighted by Crippen LogP contribution is -2.16. The first-order valence-corrected chi connectivity index (χ1v) is 22.1. The molecule has 0 bridgehead atoms. The van der Waals surface area contributed by atoms with Gasteiger partial charge in [-0.3, -0.25) is 0 Å². The van der Waals surface area contributed by atoms with Crippen molar-refractivity contribution in [2.45, 2.75) is 38.5 Å². The number of fused-ring (bicyclic) bond motifs is 15. The zero-order chi connectivity index (χ0) is 41.5. The van der Waals surface area contributed by atoms with E-state index in [1.165, 1.54) is 132 Å². The quantitative estimate of drug-likeness (QED) is 0.124. The third kappa shape index (κ3) is 4.67. The van der Waals surface area contributed by atoms with E-state index < -0.39 is 0 Å². The van der Waals surface area contributed by atoms with E-state index in [1.807, 2.05) is 0 Å². The predicted octanol–water partition coefficient (Wildman–Crippen LogP) is 17.1.